The van der Waals surface area contributed by atoms with E-state index in [1.165, 1.54) is 0 Å². The fourth-order valence-electron chi connectivity index (χ4n) is 2.75. The average molecular weight is 325 g/mol. The minimum absolute atomic E-state index is 0.298. The predicted octanol–water partition coefficient (Wildman–Crippen LogP) is 0.863. The molecular weight excluding hydrogens is 301 g/mol. The van der Waals surface area contributed by atoms with E-state index in [1.54, 1.807) is 40.0 Å². The van der Waals surface area contributed by atoms with Crippen LogP contribution in [0.1, 0.15) is 6.92 Å². The molecule has 21 heavy (non-hydrogen) atoms. The van der Waals surface area contributed by atoms with E-state index in [0.29, 0.717) is 13.2 Å². The Morgan fingerprint density at radius 1 is 1.19 bits per heavy atom. The minimum Gasteiger partial charge on any atom is -0.376 e. The quantitative estimate of drug-likeness (QED) is 0.689. The van der Waals surface area contributed by atoms with Crippen LogP contribution < -0.4 is 0 Å². The highest BCUT2D eigenvalue weighted by Gasteiger charge is 2.55. The van der Waals surface area contributed by atoms with Gasteiger partial charge in [-0.1, -0.05) is 0 Å². The molecule has 2 aliphatic heterocycles. The molecule has 0 radical (unpaired) electrons. The third-order valence-corrected chi connectivity index (χ3v) is 5.87. The van der Waals surface area contributed by atoms with Crippen LogP contribution in [0.25, 0.3) is 0 Å². The van der Waals surface area contributed by atoms with Gasteiger partial charge in [0.05, 0.1) is 6.61 Å². The van der Waals surface area contributed by atoms with Crippen LogP contribution >= 0.6 is 7.75 Å². The van der Waals surface area contributed by atoms with E-state index < -0.39 is 32.3 Å². The number of hydrogen-bond acceptors (Lipinski definition) is 7. The van der Waals surface area contributed by atoms with Gasteiger partial charge in [0.15, 0.2) is 6.29 Å². The van der Waals surface area contributed by atoms with E-state index >= 15 is 0 Å². The van der Waals surface area contributed by atoms with E-state index in [9.17, 15) is 4.57 Å². The third-order valence-electron chi connectivity index (χ3n) is 3.78. The lowest BCUT2D eigenvalue weighted by Gasteiger charge is -2.49. The van der Waals surface area contributed by atoms with Crippen molar-refractivity contribution in [1.29, 1.82) is 0 Å². The van der Waals surface area contributed by atoms with Gasteiger partial charge < -0.3 is 18.9 Å². The van der Waals surface area contributed by atoms with Crippen molar-refractivity contribution in [1.82, 2.24) is 4.67 Å². The molecule has 9 heteroatoms. The first-order valence-corrected chi connectivity index (χ1v) is 8.38. The molecule has 0 aliphatic carbocycles. The summed E-state index contributed by atoms with van der Waals surface area (Å²) in [5, 5.41) is 0. The van der Waals surface area contributed by atoms with Gasteiger partial charge in [0.2, 0.25) is 0 Å². The largest absolute Gasteiger partial charge is 0.408 e. The number of methoxy groups -OCH3 is 3. The number of ether oxygens (including phenoxy) is 4. The van der Waals surface area contributed by atoms with Gasteiger partial charge >= 0.3 is 7.75 Å². The van der Waals surface area contributed by atoms with E-state index in [0.717, 1.165) is 0 Å². The maximum absolute atomic E-state index is 12.7. The summed E-state index contributed by atoms with van der Waals surface area (Å²) in [5.41, 5.74) is 0. The Morgan fingerprint density at radius 2 is 1.86 bits per heavy atom. The molecule has 0 N–H and O–H groups in total. The van der Waals surface area contributed by atoms with Gasteiger partial charge in [-0.2, -0.15) is 0 Å². The highest BCUT2D eigenvalue weighted by Crippen LogP contribution is 2.56. The molecule has 2 aliphatic rings. The molecule has 2 fully saturated rings. The van der Waals surface area contributed by atoms with Crippen molar-refractivity contribution < 1.29 is 32.6 Å². The Balaban J connectivity index is 2.24. The minimum atomic E-state index is -3.33. The molecule has 0 aromatic carbocycles. The Kier molecular flexibility index (Phi) is 5.78. The van der Waals surface area contributed by atoms with Crippen LogP contribution in [0, 0.1) is 0 Å². The topological polar surface area (TPSA) is 75.7 Å². The molecule has 0 bridgehead atoms. The van der Waals surface area contributed by atoms with Crippen LogP contribution in [0.3, 0.4) is 0 Å². The third kappa shape index (κ3) is 3.18. The van der Waals surface area contributed by atoms with Crippen molar-refractivity contribution in [2.45, 2.75) is 37.6 Å². The molecule has 124 valence electrons. The standard InChI is InChI=1S/C12H24NO7P/c1-6-18-21(14)13(2)7-8-9(20-21)10(15-3)11(16-4)12(17-5)19-8/h8-12H,6-7H2,1-5H3/t8-,9-,10+,11-,12?,21+/m1/s1. The SMILES string of the molecule is CCO[P@]1(=O)O[C@H]2[C@H](OC)[C@@H](OC)C(OC)O[C@@H]2CN1C. The number of rotatable bonds is 5. The van der Waals surface area contributed by atoms with Crippen LogP contribution in [-0.2, 0) is 32.6 Å². The fraction of sp³-hybridized carbons (Fsp3) is 1.00. The summed E-state index contributed by atoms with van der Waals surface area (Å²) >= 11 is 0. The molecule has 0 aromatic rings. The lowest BCUT2D eigenvalue weighted by atomic mass is 9.98. The fourth-order valence-corrected chi connectivity index (χ4v) is 4.41. The second kappa shape index (κ2) is 7.02. The van der Waals surface area contributed by atoms with Gasteiger partial charge in [0.25, 0.3) is 0 Å². The van der Waals surface area contributed by atoms with E-state index in [2.05, 4.69) is 0 Å². The van der Waals surface area contributed by atoms with Crippen molar-refractivity contribution in [3.8, 4) is 0 Å². The van der Waals surface area contributed by atoms with E-state index in [-0.39, 0.29) is 6.10 Å². The first-order chi connectivity index (χ1) is 10.0. The van der Waals surface area contributed by atoms with E-state index in [4.69, 9.17) is 28.0 Å². The second-order valence-corrected chi connectivity index (χ2v) is 7.06. The van der Waals surface area contributed by atoms with Crippen molar-refractivity contribution in [2.75, 3.05) is 41.5 Å². The molecule has 6 atom stereocenters. The zero-order chi connectivity index (χ0) is 15.6. The Labute approximate surface area is 125 Å². The molecule has 8 nitrogen and oxygen atoms in total. The number of fused-ring (bicyclic) bond motifs is 1. The van der Waals surface area contributed by atoms with E-state index in [1.807, 2.05) is 0 Å². The Bertz CT molecular complexity index is 396. The summed E-state index contributed by atoms with van der Waals surface area (Å²) in [6, 6.07) is 0. The van der Waals surface area contributed by atoms with Crippen molar-refractivity contribution in [3.63, 3.8) is 0 Å². The maximum atomic E-state index is 12.7. The highest BCUT2D eigenvalue weighted by molar-refractivity contribution is 7.51. The molecule has 1 unspecified atom stereocenters. The lowest BCUT2D eigenvalue weighted by molar-refractivity contribution is -0.301. The zero-order valence-electron chi connectivity index (χ0n) is 13.1. The summed E-state index contributed by atoms with van der Waals surface area (Å²) in [6.07, 6.45) is -2.37. The van der Waals surface area contributed by atoms with Crippen LogP contribution in [0.15, 0.2) is 0 Å². The second-order valence-electron chi connectivity index (χ2n) is 4.98. The average Bonchev–Trinajstić information content (AvgIpc) is 2.47. The lowest BCUT2D eigenvalue weighted by Crippen LogP contribution is -2.63. The summed E-state index contributed by atoms with van der Waals surface area (Å²) in [4.78, 5) is 0. The zero-order valence-corrected chi connectivity index (χ0v) is 13.9. The van der Waals surface area contributed by atoms with Crippen molar-refractivity contribution >= 4 is 7.75 Å². The monoisotopic (exact) mass is 325 g/mol. The molecule has 0 aromatic heterocycles. The van der Waals surface area contributed by atoms with Gasteiger partial charge in [-0.15, -0.1) is 0 Å². The van der Waals surface area contributed by atoms with Crippen LogP contribution in [0.4, 0.5) is 0 Å². The Hall–Kier alpha value is -0.0500. The maximum Gasteiger partial charge on any atom is 0.408 e. The summed E-state index contributed by atoms with van der Waals surface area (Å²) in [5.74, 6) is 0. The van der Waals surface area contributed by atoms with Gasteiger partial charge in [-0.05, 0) is 14.0 Å². The smallest absolute Gasteiger partial charge is 0.376 e. The van der Waals surface area contributed by atoms with Crippen molar-refractivity contribution in [2.24, 2.45) is 0 Å². The first kappa shape index (κ1) is 17.3. The van der Waals surface area contributed by atoms with Crippen molar-refractivity contribution in [3.05, 3.63) is 0 Å². The molecule has 2 rings (SSSR count). The summed E-state index contributed by atoms with van der Waals surface area (Å²) in [6.45, 7) is 2.47. The number of nitrogens with zero attached hydrogens (tertiary/aromatic N) is 1. The predicted molar refractivity (Wildman–Crippen MR) is 74.0 cm³/mol. The molecule has 0 spiro atoms. The van der Waals surface area contributed by atoms with Crippen LogP contribution in [0.2, 0.25) is 0 Å². The van der Waals surface area contributed by atoms with Crippen LogP contribution in [-0.4, -0.2) is 76.9 Å². The molecule has 0 saturated carbocycles. The number of hydrogen-bond donors (Lipinski definition) is 0. The van der Waals surface area contributed by atoms with Gasteiger partial charge in [-0.3, -0.25) is 9.05 Å². The molecule has 2 heterocycles. The number of likely N-dealkylation sites (N-methyl/N-ethyl adjacent to an activating group) is 1. The molecule has 2 saturated heterocycles. The van der Waals surface area contributed by atoms with Crippen LogP contribution in [0.5, 0.6) is 0 Å². The van der Waals surface area contributed by atoms with Gasteiger partial charge in [0, 0.05) is 27.9 Å². The normalized spacial score (nSPS) is 44.5. The Morgan fingerprint density at radius 3 is 2.38 bits per heavy atom. The first-order valence-electron chi connectivity index (χ1n) is 6.89. The summed E-state index contributed by atoms with van der Waals surface area (Å²) in [7, 11) is 2.99. The highest BCUT2D eigenvalue weighted by atomic mass is 31.2. The molecule has 0 amide bonds. The van der Waals surface area contributed by atoms with Gasteiger partial charge in [-0.25, -0.2) is 9.24 Å². The van der Waals surface area contributed by atoms with Gasteiger partial charge in [0.1, 0.15) is 24.4 Å². The summed E-state index contributed by atoms with van der Waals surface area (Å²) < 4.78 is 47.4. The molecular formula is C12H24NO7P.